The zero-order valence-electron chi connectivity index (χ0n) is 10.9. The Morgan fingerprint density at radius 1 is 1.53 bits per heavy atom. The molecule has 2 aliphatic rings. The highest BCUT2D eigenvalue weighted by Gasteiger charge is 2.35. The number of hydrogen-bond donors (Lipinski definition) is 1. The summed E-state index contributed by atoms with van der Waals surface area (Å²) in [6.45, 7) is 0.941. The minimum absolute atomic E-state index is 0.0240. The lowest BCUT2D eigenvalue weighted by atomic mass is 10.1. The maximum atomic E-state index is 13.2. The molecule has 19 heavy (non-hydrogen) atoms. The molecule has 5 heteroatoms. The van der Waals surface area contributed by atoms with Crippen molar-refractivity contribution >= 4 is 11.6 Å². The molecule has 1 fully saturated rings. The van der Waals surface area contributed by atoms with E-state index >= 15 is 0 Å². The largest absolute Gasteiger partial charge is 0.497 e. The molecule has 2 heterocycles. The predicted octanol–water partition coefficient (Wildman–Crippen LogP) is 1.28. The van der Waals surface area contributed by atoms with Crippen molar-refractivity contribution in [3.05, 3.63) is 23.8 Å². The van der Waals surface area contributed by atoms with Gasteiger partial charge in [0.05, 0.1) is 13.2 Å². The Balaban J connectivity index is 1.80. The average Bonchev–Trinajstić information content (AvgIpc) is 3.03. The molecular weight excluding hydrogens is 247 g/mol. The highest BCUT2D eigenvalue weighted by molar-refractivity contribution is 5.99. The van der Waals surface area contributed by atoms with Crippen LogP contribution in [-0.4, -0.2) is 38.3 Å². The molecule has 1 aromatic carbocycles. The van der Waals surface area contributed by atoms with Crippen LogP contribution >= 0.6 is 0 Å². The third-order valence-electron chi connectivity index (χ3n) is 3.82. The fourth-order valence-electron chi connectivity index (χ4n) is 2.80. The lowest BCUT2D eigenvalue weighted by Gasteiger charge is -2.21. The number of fused-ring (bicyclic) bond motifs is 1. The van der Waals surface area contributed by atoms with Gasteiger partial charge in [0.1, 0.15) is 11.9 Å². The molecule has 1 aromatic rings. The lowest BCUT2D eigenvalue weighted by Crippen LogP contribution is -2.42. The van der Waals surface area contributed by atoms with E-state index < -0.39 is 6.17 Å². The topological polar surface area (TPSA) is 41.6 Å². The number of carbonyl (C=O) groups excluding carboxylic acids is 1. The van der Waals surface area contributed by atoms with Crippen LogP contribution in [-0.2, 0) is 11.2 Å². The first kappa shape index (κ1) is 12.4. The number of methoxy groups -OCH3 is 1. The molecule has 1 N–H and O–H groups in total. The minimum atomic E-state index is -0.910. The molecule has 0 bridgehead atoms. The number of nitrogens with one attached hydrogen (secondary N) is 1. The van der Waals surface area contributed by atoms with Gasteiger partial charge in [-0.1, -0.05) is 0 Å². The van der Waals surface area contributed by atoms with Crippen molar-refractivity contribution in [2.24, 2.45) is 0 Å². The summed E-state index contributed by atoms with van der Waals surface area (Å²) in [7, 11) is 1.63. The van der Waals surface area contributed by atoms with E-state index in [1.54, 1.807) is 12.0 Å². The van der Waals surface area contributed by atoms with Crippen molar-refractivity contribution in [2.75, 3.05) is 25.1 Å². The van der Waals surface area contributed by atoms with Gasteiger partial charge in [-0.3, -0.25) is 4.79 Å². The Morgan fingerprint density at radius 3 is 3.05 bits per heavy atom. The van der Waals surface area contributed by atoms with Crippen molar-refractivity contribution in [3.8, 4) is 5.75 Å². The monoisotopic (exact) mass is 264 g/mol. The molecule has 0 unspecified atom stereocenters. The van der Waals surface area contributed by atoms with Crippen LogP contribution in [0, 0.1) is 0 Å². The highest BCUT2D eigenvalue weighted by Crippen LogP contribution is 2.32. The number of rotatable bonds is 2. The van der Waals surface area contributed by atoms with E-state index in [1.165, 1.54) is 0 Å². The van der Waals surface area contributed by atoms with Gasteiger partial charge in [-0.15, -0.1) is 0 Å². The number of ether oxygens (including phenoxy) is 1. The number of halogens is 1. The fraction of sp³-hybridized carbons (Fsp3) is 0.500. The number of amides is 1. The van der Waals surface area contributed by atoms with Gasteiger partial charge in [-0.25, -0.2) is 4.39 Å². The van der Waals surface area contributed by atoms with E-state index in [0.29, 0.717) is 6.54 Å². The molecule has 4 nitrogen and oxygen atoms in total. The zero-order chi connectivity index (χ0) is 13.4. The first-order valence-corrected chi connectivity index (χ1v) is 6.55. The second-order valence-electron chi connectivity index (χ2n) is 5.03. The third kappa shape index (κ3) is 2.18. The van der Waals surface area contributed by atoms with Gasteiger partial charge in [-0.05, 0) is 30.2 Å². The number of alkyl halides is 1. The zero-order valence-corrected chi connectivity index (χ0v) is 10.9. The normalized spacial score (nSPS) is 25.5. The van der Waals surface area contributed by atoms with Crippen molar-refractivity contribution < 1.29 is 13.9 Å². The summed E-state index contributed by atoms with van der Waals surface area (Å²) >= 11 is 0. The average molecular weight is 264 g/mol. The third-order valence-corrected chi connectivity index (χ3v) is 3.82. The summed E-state index contributed by atoms with van der Waals surface area (Å²) in [5, 5.41) is 2.95. The quantitative estimate of drug-likeness (QED) is 0.875. The van der Waals surface area contributed by atoms with Crippen LogP contribution in [0.2, 0.25) is 0 Å². The Hall–Kier alpha value is -1.62. The van der Waals surface area contributed by atoms with Crippen LogP contribution in [0.25, 0.3) is 0 Å². The van der Waals surface area contributed by atoms with Crippen molar-refractivity contribution in [1.29, 1.82) is 0 Å². The first-order chi connectivity index (χ1) is 9.19. The van der Waals surface area contributed by atoms with Crippen molar-refractivity contribution in [2.45, 2.75) is 25.1 Å². The summed E-state index contributed by atoms with van der Waals surface area (Å²) in [6, 6.07) is 5.33. The van der Waals surface area contributed by atoms with Crippen LogP contribution in [0.1, 0.15) is 12.0 Å². The van der Waals surface area contributed by atoms with Crippen molar-refractivity contribution in [1.82, 2.24) is 5.32 Å². The fourth-order valence-corrected chi connectivity index (χ4v) is 2.80. The van der Waals surface area contributed by atoms with E-state index in [-0.39, 0.29) is 24.9 Å². The molecule has 3 rings (SSSR count). The Morgan fingerprint density at radius 2 is 2.37 bits per heavy atom. The van der Waals surface area contributed by atoms with Crippen molar-refractivity contribution in [3.63, 3.8) is 0 Å². The molecule has 0 saturated carbocycles. The van der Waals surface area contributed by atoms with E-state index in [9.17, 15) is 9.18 Å². The molecule has 102 valence electrons. The molecule has 2 atom stereocenters. The van der Waals surface area contributed by atoms with Gasteiger partial charge in [0.15, 0.2) is 0 Å². The van der Waals surface area contributed by atoms with Gasteiger partial charge >= 0.3 is 0 Å². The summed E-state index contributed by atoms with van der Waals surface area (Å²) in [5.74, 6) is 0.778. The maximum Gasteiger partial charge on any atom is 0.244 e. The number of hydrogen-bond acceptors (Lipinski definition) is 3. The minimum Gasteiger partial charge on any atom is -0.497 e. The summed E-state index contributed by atoms with van der Waals surface area (Å²) in [4.78, 5) is 14.1. The number of nitrogens with zero attached hydrogens (tertiary/aromatic N) is 1. The molecule has 0 aliphatic carbocycles. The molecular formula is C14H17FN2O2. The SMILES string of the molecule is COc1ccc2c(c1)CCN2C(=O)[C@H]1C[C@H](F)CN1. The van der Waals surface area contributed by atoms with E-state index in [4.69, 9.17) is 4.74 Å². The Bertz CT molecular complexity index is 506. The Kier molecular flexibility index (Phi) is 3.14. The van der Waals surface area contributed by atoms with Crippen LogP contribution < -0.4 is 15.0 Å². The molecule has 1 amide bonds. The highest BCUT2D eigenvalue weighted by atomic mass is 19.1. The van der Waals surface area contributed by atoms with E-state index in [1.807, 2.05) is 18.2 Å². The van der Waals surface area contributed by atoms with E-state index in [0.717, 1.165) is 23.4 Å². The van der Waals surface area contributed by atoms with Gasteiger partial charge in [0.25, 0.3) is 0 Å². The van der Waals surface area contributed by atoms with Crippen LogP contribution in [0.15, 0.2) is 18.2 Å². The van der Waals surface area contributed by atoms with Crippen LogP contribution in [0.4, 0.5) is 10.1 Å². The standard InChI is InChI=1S/C14H17FN2O2/c1-19-11-2-3-13-9(6-11)4-5-17(13)14(18)12-7-10(15)8-16-12/h2-3,6,10,12,16H,4-5,7-8H2,1H3/t10-,12+/m0/s1. The molecule has 0 aromatic heterocycles. The molecule has 2 aliphatic heterocycles. The van der Waals surface area contributed by atoms with Gasteiger partial charge < -0.3 is 15.0 Å². The first-order valence-electron chi connectivity index (χ1n) is 6.55. The van der Waals surface area contributed by atoms with Crippen LogP contribution in [0.3, 0.4) is 0 Å². The number of anilines is 1. The number of carbonyl (C=O) groups is 1. The molecule has 0 spiro atoms. The molecule has 1 saturated heterocycles. The maximum absolute atomic E-state index is 13.2. The summed E-state index contributed by atoms with van der Waals surface area (Å²) < 4.78 is 18.3. The van der Waals surface area contributed by atoms with Gasteiger partial charge in [-0.2, -0.15) is 0 Å². The Labute approximate surface area is 111 Å². The summed E-state index contributed by atoms with van der Waals surface area (Å²) in [5.41, 5.74) is 2.04. The number of benzene rings is 1. The van der Waals surface area contributed by atoms with E-state index in [2.05, 4.69) is 5.32 Å². The smallest absolute Gasteiger partial charge is 0.244 e. The predicted molar refractivity (Wildman–Crippen MR) is 70.4 cm³/mol. The lowest BCUT2D eigenvalue weighted by molar-refractivity contribution is -0.120. The van der Waals surface area contributed by atoms with Gasteiger partial charge in [0.2, 0.25) is 5.91 Å². The second-order valence-corrected chi connectivity index (χ2v) is 5.03. The summed E-state index contributed by atoms with van der Waals surface area (Å²) in [6.07, 6.45) is 0.192. The second kappa shape index (κ2) is 4.81. The van der Waals surface area contributed by atoms with Gasteiger partial charge in [0, 0.05) is 25.2 Å². The molecule has 0 radical (unpaired) electrons. The van der Waals surface area contributed by atoms with Crippen LogP contribution in [0.5, 0.6) is 5.75 Å².